The van der Waals surface area contributed by atoms with Crippen molar-refractivity contribution < 1.29 is 0 Å². The summed E-state index contributed by atoms with van der Waals surface area (Å²) >= 11 is 0. The van der Waals surface area contributed by atoms with E-state index in [-0.39, 0.29) is 6.04 Å². The third kappa shape index (κ3) is 12.3. The summed E-state index contributed by atoms with van der Waals surface area (Å²) in [7, 11) is 0. The summed E-state index contributed by atoms with van der Waals surface area (Å²) in [5, 5.41) is 9.19. The normalized spacial score (nSPS) is 19.3. The second-order valence-corrected chi connectivity index (χ2v) is 16.3. The molecule has 0 bridgehead atoms. The van der Waals surface area contributed by atoms with Gasteiger partial charge in [-0.3, -0.25) is 39.5 Å². The highest BCUT2D eigenvalue weighted by atomic mass is 15.4. The van der Waals surface area contributed by atoms with Crippen LogP contribution in [-0.2, 0) is 32.6 Å². The van der Waals surface area contributed by atoms with Crippen LogP contribution < -0.4 is 0 Å². The zero-order valence-corrected chi connectivity index (χ0v) is 34.9. The van der Waals surface area contributed by atoms with Crippen molar-refractivity contribution in [3.63, 3.8) is 0 Å². The van der Waals surface area contributed by atoms with Crippen molar-refractivity contribution >= 4 is 5.70 Å². The molecule has 0 amide bonds. The zero-order chi connectivity index (χ0) is 40.6. The van der Waals surface area contributed by atoms with Gasteiger partial charge in [-0.05, 0) is 86.2 Å². The van der Waals surface area contributed by atoms with Crippen LogP contribution in [0, 0.1) is 0 Å². The molecule has 1 aliphatic carbocycles. The fraction of sp³-hybridized carbons (Fsp3) is 0.388. The topological polar surface area (TPSA) is 95.2 Å². The van der Waals surface area contributed by atoms with Crippen LogP contribution in [0.25, 0.3) is 17.0 Å². The fourth-order valence-corrected chi connectivity index (χ4v) is 8.47. The van der Waals surface area contributed by atoms with Crippen LogP contribution in [0.4, 0.5) is 0 Å². The first-order valence-corrected chi connectivity index (χ1v) is 21.9. The Balaban J connectivity index is 1.09. The molecule has 0 radical (unpaired) electrons. The molecule has 8 rings (SSSR count). The summed E-state index contributed by atoms with van der Waals surface area (Å²) in [5.41, 5.74) is 8.95. The molecule has 310 valence electrons. The predicted molar refractivity (Wildman–Crippen MR) is 238 cm³/mol. The SMILES string of the molecule is C1=C(/n2cc(-c3ccc(CC4CN(Cc5ccccn5)CCN(Cc5ccccn5)CCN(Cc5ccccn5)CCN4Cc4ccccn4)cc3)nn2)CCCCCC/1. The van der Waals surface area contributed by atoms with E-state index in [4.69, 9.17) is 19.9 Å². The number of benzene rings is 1. The molecule has 1 atom stereocenters. The average molecular weight is 802 g/mol. The maximum absolute atomic E-state index is 4.84. The van der Waals surface area contributed by atoms with E-state index in [1.807, 2.05) is 53.7 Å². The van der Waals surface area contributed by atoms with Crippen LogP contribution in [0.1, 0.15) is 66.9 Å². The first-order chi connectivity index (χ1) is 29.7. The minimum Gasteiger partial charge on any atom is -0.295 e. The lowest BCUT2D eigenvalue weighted by atomic mass is 10.0. The van der Waals surface area contributed by atoms with Crippen LogP contribution in [0.3, 0.4) is 0 Å². The summed E-state index contributed by atoms with van der Waals surface area (Å²) < 4.78 is 2.00. The Kier molecular flexibility index (Phi) is 14.9. The average Bonchev–Trinajstić information content (AvgIpc) is 3.77. The monoisotopic (exact) mass is 801 g/mol. The van der Waals surface area contributed by atoms with E-state index in [1.165, 1.54) is 36.9 Å². The predicted octanol–water partition coefficient (Wildman–Crippen LogP) is 7.65. The third-order valence-corrected chi connectivity index (χ3v) is 11.9. The summed E-state index contributed by atoms with van der Waals surface area (Å²) in [6, 6.07) is 34.2. The van der Waals surface area contributed by atoms with Crippen molar-refractivity contribution in [1.82, 2.24) is 54.5 Å². The molecule has 1 saturated heterocycles. The lowest BCUT2D eigenvalue weighted by Gasteiger charge is -2.39. The van der Waals surface area contributed by atoms with Gasteiger partial charge in [0.25, 0.3) is 0 Å². The number of nitrogens with zero attached hydrogens (tertiary/aromatic N) is 11. The largest absolute Gasteiger partial charge is 0.295 e. The number of hydrogen-bond donors (Lipinski definition) is 0. The molecule has 11 heteroatoms. The van der Waals surface area contributed by atoms with Crippen molar-refractivity contribution in [1.29, 1.82) is 0 Å². The Hall–Kier alpha value is -5.46. The van der Waals surface area contributed by atoms with Crippen molar-refractivity contribution in [2.45, 2.75) is 77.2 Å². The van der Waals surface area contributed by atoms with Crippen LogP contribution >= 0.6 is 0 Å². The molecular formula is C49H59N11. The quantitative estimate of drug-likeness (QED) is 0.123. The zero-order valence-electron chi connectivity index (χ0n) is 34.9. The molecule has 1 aromatic carbocycles. The Bertz CT molecular complexity index is 2160. The van der Waals surface area contributed by atoms with Crippen molar-refractivity contribution in [2.24, 2.45) is 0 Å². The van der Waals surface area contributed by atoms with Crippen LogP contribution in [0.5, 0.6) is 0 Å². The van der Waals surface area contributed by atoms with Gasteiger partial charge in [0.1, 0.15) is 5.69 Å². The van der Waals surface area contributed by atoms with Crippen molar-refractivity contribution in [3.8, 4) is 11.3 Å². The Labute approximate surface area is 355 Å². The molecule has 60 heavy (non-hydrogen) atoms. The van der Waals surface area contributed by atoms with Gasteiger partial charge in [0.2, 0.25) is 0 Å². The number of allylic oxidation sites excluding steroid dienone is 2. The molecule has 5 aromatic heterocycles. The maximum Gasteiger partial charge on any atom is 0.113 e. The molecule has 2 aliphatic rings. The molecule has 1 fully saturated rings. The lowest BCUT2D eigenvalue weighted by molar-refractivity contribution is 0.0841. The smallest absolute Gasteiger partial charge is 0.113 e. The minimum absolute atomic E-state index is 0.203. The summed E-state index contributed by atoms with van der Waals surface area (Å²) in [4.78, 5) is 29.6. The van der Waals surface area contributed by atoms with E-state index in [0.29, 0.717) is 0 Å². The Morgan fingerprint density at radius 3 is 1.63 bits per heavy atom. The van der Waals surface area contributed by atoms with Gasteiger partial charge in [0, 0.05) is 114 Å². The molecule has 0 saturated carbocycles. The molecule has 1 unspecified atom stereocenters. The van der Waals surface area contributed by atoms with E-state index in [1.54, 1.807) is 0 Å². The molecule has 11 nitrogen and oxygen atoms in total. The second-order valence-electron chi connectivity index (χ2n) is 16.3. The highest BCUT2D eigenvalue weighted by Crippen LogP contribution is 2.24. The highest BCUT2D eigenvalue weighted by molar-refractivity contribution is 5.59. The lowest BCUT2D eigenvalue weighted by Crippen LogP contribution is -2.50. The minimum atomic E-state index is 0.203. The Morgan fingerprint density at radius 2 is 1.05 bits per heavy atom. The Morgan fingerprint density at radius 1 is 0.517 bits per heavy atom. The number of hydrogen-bond acceptors (Lipinski definition) is 10. The van der Waals surface area contributed by atoms with Crippen molar-refractivity contribution in [2.75, 3.05) is 45.8 Å². The maximum atomic E-state index is 4.84. The molecule has 1 aliphatic heterocycles. The summed E-state index contributed by atoms with van der Waals surface area (Å²) in [5.74, 6) is 0. The molecule has 0 spiro atoms. The number of pyridine rings is 4. The first kappa shape index (κ1) is 41.3. The molecule has 6 aromatic rings. The van der Waals surface area contributed by atoms with Crippen molar-refractivity contribution in [3.05, 3.63) is 162 Å². The standard InChI is InChI=1S/C49H59N11/c1-2-4-18-47(19-5-3-1)60-40-49(54-55-60)42-22-20-41(21-23-42)34-48-39-58(37-45-16-8-12-26-52-45)31-30-56(35-43-14-6-10-24-50-43)28-29-57(36-44-15-7-11-25-51-44)32-33-59(48)38-46-17-9-13-27-53-46/h6-18,20-27,40,48H,1-5,19,28-39H2/b47-18+. The van der Waals surface area contributed by atoms with Gasteiger partial charge in [-0.15, -0.1) is 5.10 Å². The van der Waals surface area contributed by atoms with Gasteiger partial charge < -0.3 is 0 Å². The molecular weight excluding hydrogens is 743 g/mol. The van der Waals surface area contributed by atoms with E-state index in [2.05, 4.69) is 115 Å². The van der Waals surface area contributed by atoms with E-state index < -0.39 is 0 Å². The van der Waals surface area contributed by atoms with Gasteiger partial charge in [-0.2, -0.15) is 0 Å². The van der Waals surface area contributed by atoms with Gasteiger partial charge in [0.15, 0.2) is 0 Å². The van der Waals surface area contributed by atoms with Crippen LogP contribution in [-0.4, -0.2) is 106 Å². The van der Waals surface area contributed by atoms with Gasteiger partial charge >= 0.3 is 0 Å². The second kappa shape index (κ2) is 21.7. The fourth-order valence-electron chi connectivity index (χ4n) is 8.47. The third-order valence-electron chi connectivity index (χ3n) is 11.9. The number of rotatable bonds is 12. The van der Waals surface area contributed by atoms with Crippen LogP contribution in [0.15, 0.2) is 134 Å². The molecule has 0 N–H and O–H groups in total. The van der Waals surface area contributed by atoms with Crippen LogP contribution in [0.2, 0.25) is 0 Å². The van der Waals surface area contributed by atoms with Gasteiger partial charge in [-0.25, -0.2) is 4.68 Å². The van der Waals surface area contributed by atoms with Gasteiger partial charge in [-0.1, -0.05) is 72.7 Å². The van der Waals surface area contributed by atoms with E-state index in [0.717, 1.165) is 125 Å². The molecule has 6 heterocycles. The number of aromatic nitrogens is 7. The summed E-state index contributed by atoms with van der Waals surface area (Å²) in [6.07, 6.45) is 20.2. The van der Waals surface area contributed by atoms with E-state index >= 15 is 0 Å². The van der Waals surface area contributed by atoms with E-state index in [9.17, 15) is 0 Å². The summed E-state index contributed by atoms with van der Waals surface area (Å²) in [6.45, 7) is 9.52. The highest BCUT2D eigenvalue weighted by Gasteiger charge is 2.26. The first-order valence-electron chi connectivity index (χ1n) is 21.9. The van der Waals surface area contributed by atoms with Gasteiger partial charge in [0.05, 0.1) is 29.0 Å².